The number of hydrogen-bond donors (Lipinski definition) is 1. The average molecular weight is 227 g/mol. The number of rotatable bonds is 4. The van der Waals surface area contributed by atoms with Crippen molar-refractivity contribution >= 4 is 6.03 Å². The Balaban J connectivity index is 2.48. The SMILES string of the molecule is CCN(C)C(=O)NCC1(N(C)C)CCCC1. The van der Waals surface area contributed by atoms with E-state index in [0.717, 1.165) is 13.1 Å². The molecule has 16 heavy (non-hydrogen) atoms. The van der Waals surface area contributed by atoms with Gasteiger partial charge >= 0.3 is 6.03 Å². The van der Waals surface area contributed by atoms with E-state index in [2.05, 4.69) is 24.3 Å². The van der Waals surface area contributed by atoms with E-state index in [1.807, 2.05) is 14.0 Å². The molecule has 1 saturated carbocycles. The summed E-state index contributed by atoms with van der Waals surface area (Å²) in [5.41, 5.74) is 0.185. The van der Waals surface area contributed by atoms with Crippen molar-refractivity contribution < 1.29 is 4.79 Å². The fraction of sp³-hybridized carbons (Fsp3) is 0.917. The summed E-state index contributed by atoms with van der Waals surface area (Å²) < 4.78 is 0. The van der Waals surface area contributed by atoms with Crippen molar-refractivity contribution in [1.29, 1.82) is 0 Å². The largest absolute Gasteiger partial charge is 0.336 e. The van der Waals surface area contributed by atoms with Gasteiger partial charge in [-0.25, -0.2) is 4.79 Å². The first-order valence-corrected chi connectivity index (χ1v) is 6.18. The number of carbonyl (C=O) groups is 1. The Labute approximate surface area is 99.0 Å². The number of hydrogen-bond acceptors (Lipinski definition) is 2. The molecule has 0 heterocycles. The van der Waals surface area contributed by atoms with Crippen LogP contribution in [0.5, 0.6) is 0 Å². The number of carbonyl (C=O) groups excluding carboxylic acids is 1. The van der Waals surface area contributed by atoms with Crippen LogP contribution in [0.1, 0.15) is 32.6 Å². The number of nitrogens with one attached hydrogen (secondary N) is 1. The highest BCUT2D eigenvalue weighted by Crippen LogP contribution is 2.33. The van der Waals surface area contributed by atoms with Gasteiger partial charge in [-0.3, -0.25) is 0 Å². The van der Waals surface area contributed by atoms with Crippen LogP contribution in [0, 0.1) is 0 Å². The first-order chi connectivity index (χ1) is 7.52. The van der Waals surface area contributed by atoms with Crippen LogP contribution in [0.15, 0.2) is 0 Å². The normalized spacial score (nSPS) is 18.8. The summed E-state index contributed by atoms with van der Waals surface area (Å²) in [5.74, 6) is 0. The van der Waals surface area contributed by atoms with E-state index in [9.17, 15) is 4.79 Å². The highest BCUT2D eigenvalue weighted by molar-refractivity contribution is 5.73. The van der Waals surface area contributed by atoms with Gasteiger partial charge in [0.05, 0.1) is 0 Å². The monoisotopic (exact) mass is 227 g/mol. The van der Waals surface area contributed by atoms with E-state index in [0.29, 0.717) is 0 Å². The maximum Gasteiger partial charge on any atom is 0.317 e. The van der Waals surface area contributed by atoms with Gasteiger partial charge in [0, 0.05) is 25.7 Å². The summed E-state index contributed by atoms with van der Waals surface area (Å²) in [7, 11) is 6.05. The van der Waals surface area contributed by atoms with Crippen LogP contribution in [0.4, 0.5) is 4.79 Å². The van der Waals surface area contributed by atoms with Gasteiger partial charge in [-0.05, 0) is 33.9 Å². The van der Waals surface area contributed by atoms with Crippen LogP contribution in [0.2, 0.25) is 0 Å². The zero-order valence-corrected chi connectivity index (χ0v) is 11.0. The summed E-state index contributed by atoms with van der Waals surface area (Å²) in [6, 6.07) is 0.0376. The van der Waals surface area contributed by atoms with Crippen LogP contribution in [0.25, 0.3) is 0 Å². The van der Waals surface area contributed by atoms with E-state index in [-0.39, 0.29) is 11.6 Å². The van der Waals surface area contributed by atoms with Crippen molar-refractivity contribution in [3.63, 3.8) is 0 Å². The maximum absolute atomic E-state index is 11.7. The zero-order chi connectivity index (χ0) is 12.2. The molecule has 0 spiro atoms. The molecule has 0 aromatic rings. The average Bonchev–Trinajstić information content (AvgIpc) is 2.74. The van der Waals surface area contributed by atoms with Gasteiger partial charge in [0.25, 0.3) is 0 Å². The first kappa shape index (κ1) is 13.3. The lowest BCUT2D eigenvalue weighted by Gasteiger charge is -2.36. The Kier molecular flexibility index (Phi) is 4.59. The van der Waals surface area contributed by atoms with E-state index in [1.54, 1.807) is 4.90 Å². The first-order valence-electron chi connectivity index (χ1n) is 6.18. The van der Waals surface area contributed by atoms with E-state index < -0.39 is 0 Å². The predicted molar refractivity (Wildman–Crippen MR) is 66.6 cm³/mol. The summed E-state index contributed by atoms with van der Waals surface area (Å²) in [5, 5.41) is 3.04. The molecule has 1 N–H and O–H groups in total. The second kappa shape index (κ2) is 5.53. The Morgan fingerprint density at radius 3 is 2.25 bits per heavy atom. The molecule has 2 amide bonds. The van der Waals surface area contributed by atoms with Gasteiger partial charge < -0.3 is 15.1 Å². The van der Waals surface area contributed by atoms with E-state index in [4.69, 9.17) is 0 Å². The Morgan fingerprint density at radius 1 is 1.25 bits per heavy atom. The van der Waals surface area contributed by atoms with Crippen LogP contribution in [0.3, 0.4) is 0 Å². The van der Waals surface area contributed by atoms with Gasteiger partial charge in [-0.15, -0.1) is 0 Å². The second-order valence-corrected chi connectivity index (χ2v) is 5.00. The fourth-order valence-corrected chi connectivity index (χ4v) is 2.33. The van der Waals surface area contributed by atoms with Crippen LogP contribution in [-0.4, -0.2) is 55.6 Å². The molecule has 1 fully saturated rings. The van der Waals surface area contributed by atoms with Gasteiger partial charge in [-0.1, -0.05) is 12.8 Å². The lowest BCUT2D eigenvalue weighted by molar-refractivity contribution is 0.149. The Bertz CT molecular complexity index is 234. The minimum absolute atomic E-state index is 0.0376. The van der Waals surface area contributed by atoms with Gasteiger partial charge in [0.1, 0.15) is 0 Å². The van der Waals surface area contributed by atoms with Crippen molar-refractivity contribution in [3.05, 3.63) is 0 Å². The van der Waals surface area contributed by atoms with Crippen LogP contribution >= 0.6 is 0 Å². The van der Waals surface area contributed by atoms with Crippen molar-refractivity contribution in [2.75, 3.05) is 34.2 Å². The maximum atomic E-state index is 11.7. The third kappa shape index (κ3) is 2.88. The molecular weight excluding hydrogens is 202 g/mol. The quantitative estimate of drug-likeness (QED) is 0.790. The lowest BCUT2D eigenvalue weighted by atomic mass is 9.96. The molecule has 0 atom stereocenters. The van der Waals surface area contributed by atoms with Crippen molar-refractivity contribution in [2.45, 2.75) is 38.1 Å². The summed E-state index contributed by atoms with van der Waals surface area (Å²) in [4.78, 5) is 15.7. The molecule has 0 aromatic carbocycles. The van der Waals surface area contributed by atoms with E-state index >= 15 is 0 Å². The molecule has 4 nitrogen and oxygen atoms in total. The smallest absolute Gasteiger partial charge is 0.317 e. The van der Waals surface area contributed by atoms with Crippen molar-refractivity contribution in [1.82, 2.24) is 15.1 Å². The van der Waals surface area contributed by atoms with Crippen LogP contribution in [-0.2, 0) is 0 Å². The minimum atomic E-state index is 0.0376. The fourth-order valence-electron chi connectivity index (χ4n) is 2.33. The molecule has 0 radical (unpaired) electrons. The number of nitrogens with zero attached hydrogens (tertiary/aromatic N) is 2. The highest BCUT2D eigenvalue weighted by Gasteiger charge is 2.36. The molecule has 94 valence electrons. The van der Waals surface area contributed by atoms with Gasteiger partial charge in [0.15, 0.2) is 0 Å². The third-order valence-electron chi connectivity index (χ3n) is 3.87. The molecule has 0 unspecified atom stereocenters. The molecule has 1 aliphatic rings. The number of amides is 2. The molecule has 1 rings (SSSR count). The standard InChI is InChI=1S/C12H25N3O/c1-5-15(4)11(16)13-10-12(14(2)3)8-6-7-9-12/h5-10H2,1-4H3,(H,13,16). The molecular formula is C12H25N3O. The predicted octanol–water partition coefficient (Wildman–Crippen LogP) is 1.52. The van der Waals surface area contributed by atoms with Gasteiger partial charge in [0.2, 0.25) is 0 Å². The Morgan fingerprint density at radius 2 is 1.81 bits per heavy atom. The molecule has 0 aromatic heterocycles. The molecule has 4 heteroatoms. The highest BCUT2D eigenvalue weighted by atomic mass is 16.2. The molecule has 0 aliphatic heterocycles. The zero-order valence-electron chi connectivity index (χ0n) is 11.0. The summed E-state index contributed by atoms with van der Waals surface area (Å²) in [6.45, 7) is 3.50. The number of likely N-dealkylation sites (N-methyl/N-ethyl adjacent to an activating group) is 1. The third-order valence-corrected chi connectivity index (χ3v) is 3.87. The van der Waals surface area contributed by atoms with E-state index in [1.165, 1.54) is 25.7 Å². The van der Waals surface area contributed by atoms with Crippen molar-refractivity contribution in [2.24, 2.45) is 0 Å². The Hall–Kier alpha value is -0.770. The van der Waals surface area contributed by atoms with Gasteiger partial charge in [-0.2, -0.15) is 0 Å². The second-order valence-electron chi connectivity index (χ2n) is 5.00. The summed E-state index contributed by atoms with van der Waals surface area (Å²) in [6.07, 6.45) is 4.93. The molecule has 0 saturated heterocycles. The van der Waals surface area contributed by atoms with Crippen molar-refractivity contribution in [3.8, 4) is 0 Å². The van der Waals surface area contributed by atoms with Crippen LogP contribution < -0.4 is 5.32 Å². The molecule has 1 aliphatic carbocycles. The minimum Gasteiger partial charge on any atom is -0.336 e. The topological polar surface area (TPSA) is 35.6 Å². The lowest BCUT2D eigenvalue weighted by Crippen LogP contribution is -2.52. The number of urea groups is 1. The summed E-state index contributed by atoms with van der Waals surface area (Å²) >= 11 is 0. The molecule has 0 bridgehead atoms.